The van der Waals surface area contributed by atoms with Crippen molar-refractivity contribution in [2.24, 2.45) is 0 Å². The molecule has 21 heavy (non-hydrogen) atoms. The number of fused-ring (bicyclic) bond motifs is 3. The Hall–Kier alpha value is -1.80. The van der Waals surface area contributed by atoms with Crippen molar-refractivity contribution in [2.45, 2.75) is 12.5 Å². The predicted octanol–water partition coefficient (Wildman–Crippen LogP) is 1.55. The number of anilines is 1. The van der Waals surface area contributed by atoms with Crippen LogP contribution in [0.2, 0.25) is 0 Å². The molecule has 0 aromatic carbocycles. The van der Waals surface area contributed by atoms with Gasteiger partial charge in [0.05, 0.1) is 5.52 Å². The minimum atomic E-state index is 0.385. The van der Waals surface area contributed by atoms with Crippen LogP contribution in [0.5, 0.6) is 0 Å². The van der Waals surface area contributed by atoms with E-state index in [9.17, 15) is 0 Å². The number of aromatic nitrogens is 5. The number of hydrogen-bond acceptors (Lipinski definition) is 6. The van der Waals surface area contributed by atoms with Crippen molar-refractivity contribution >= 4 is 38.6 Å². The molecular formula is C13H14BrN7. The molecule has 0 amide bonds. The molecule has 0 aliphatic carbocycles. The second-order valence-corrected chi connectivity index (χ2v) is 6.29. The van der Waals surface area contributed by atoms with E-state index in [1.165, 1.54) is 0 Å². The molecule has 1 aliphatic rings. The fourth-order valence-electron chi connectivity index (χ4n) is 2.76. The summed E-state index contributed by atoms with van der Waals surface area (Å²) < 4.78 is 2.83. The number of halogens is 1. The first-order valence-corrected chi connectivity index (χ1v) is 7.60. The average Bonchev–Trinajstić information content (AvgIpc) is 3.09. The highest BCUT2D eigenvalue weighted by molar-refractivity contribution is 9.10. The lowest BCUT2D eigenvalue weighted by atomic mass is 10.2. The molecule has 1 fully saturated rings. The van der Waals surface area contributed by atoms with Gasteiger partial charge in [-0.05, 0) is 42.0 Å². The van der Waals surface area contributed by atoms with Gasteiger partial charge in [-0.25, -0.2) is 9.97 Å². The largest absolute Gasteiger partial charge is 0.363 e. The van der Waals surface area contributed by atoms with Crippen LogP contribution in [-0.2, 0) is 0 Å². The van der Waals surface area contributed by atoms with E-state index in [0.717, 1.165) is 41.0 Å². The van der Waals surface area contributed by atoms with Crippen LogP contribution in [0.25, 0.3) is 16.8 Å². The molecule has 1 saturated heterocycles. The van der Waals surface area contributed by atoms with Crippen LogP contribution in [0.1, 0.15) is 6.42 Å². The fourth-order valence-corrected chi connectivity index (χ4v) is 3.08. The summed E-state index contributed by atoms with van der Waals surface area (Å²) in [5, 5.41) is 11.7. The Morgan fingerprint density at radius 3 is 3.14 bits per heavy atom. The third-order valence-electron chi connectivity index (χ3n) is 3.78. The smallest absolute Gasteiger partial charge is 0.204 e. The van der Waals surface area contributed by atoms with Crippen molar-refractivity contribution in [1.29, 1.82) is 0 Å². The fraction of sp³-hybridized carbons (Fsp3) is 0.385. The Morgan fingerprint density at radius 1 is 1.43 bits per heavy atom. The van der Waals surface area contributed by atoms with Crippen molar-refractivity contribution in [3.63, 3.8) is 0 Å². The molecule has 4 heterocycles. The van der Waals surface area contributed by atoms with Crippen LogP contribution in [0, 0.1) is 0 Å². The number of nitrogens with one attached hydrogen (secondary N) is 1. The van der Waals surface area contributed by atoms with Gasteiger partial charge in [0.2, 0.25) is 5.65 Å². The molecule has 3 aromatic rings. The number of nitrogens with zero attached hydrogens (tertiary/aromatic N) is 6. The second-order valence-electron chi connectivity index (χ2n) is 5.37. The lowest BCUT2D eigenvalue weighted by Crippen LogP contribution is -2.24. The zero-order valence-electron chi connectivity index (χ0n) is 11.5. The highest BCUT2D eigenvalue weighted by Gasteiger charge is 2.21. The van der Waals surface area contributed by atoms with Crippen molar-refractivity contribution in [3.8, 4) is 0 Å². The number of likely N-dealkylation sites (tertiary alicyclic amines) is 1. The van der Waals surface area contributed by atoms with Gasteiger partial charge in [0.15, 0.2) is 11.5 Å². The number of hydrogen-bond donors (Lipinski definition) is 1. The molecule has 1 atom stereocenters. The van der Waals surface area contributed by atoms with E-state index >= 15 is 0 Å². The van der Waals surface area contributed by atoms with Gasteiger partial charge in [0.25, 0.3) is 0 Å². The average molecular weight is 348 g/mol. The van der Waals surface area contributed by atoms with Gasteiger partial charge in [0.1, 0.15) is 6.33 Å². The number of likely N-dealkylation sites (N-methyl/N-ethyl adjacent to an activating group) is 1. The van der Waals surface area contributed by atoms with Gasteiger partial charge in [0, 0.05) is 23.3 Å². The SMILES string of the molecule is CN1CCC(Nc2nc3ncc(Br)cc3n3cnnc23)C1. The molecule has 1 aliphatic heterocycles. The third kappa shape index (κ3) is 2.24. The van der Waals surface area contributed by atoms with E-state index in [1.54, 1.807) is 12.5 Å². The Balaban J connectivity index is 1.83. The molecule has 0 radical (unpaired) electrons. The zero-order chi connectivity index (χ0) is 14.4. The van der Waals surface area contributed by atoms with Crippen molar-refractivity contribution in [2.75, 3.05) is 25.5 Å². The maximum Gasteiger partial charge on any atom is 0.204 e. The molecular weight excluding hydrogens is 334 g/mol. The minimum Gasteiger partial charge on any atom is -0.363 e. The Morgan fingerprint density at radius 2 is 2.33 bits per heavy atom. The molecule has 0 saturated carbocycles. The van der Waals surface area contributed by atoms with E-state index in [1.807, 2.05) is 10.5 Å². The normalized spacial score (nSPS) is 19.6. The summed E-state index contributed by atoms with van der Waals surface area (Å²) in [5.74, 6) is 0.745. The van der Waals surface area contributed by atoms with E-state index in [0.29, 0.717) is 11.7 Å². The molecule has 7 nitrogen and oxygen atoms in total. The minimum absolute atomic E-state index is 0.385. The van der Waals surface area contributed by atoms with Gasteiger partial charge in [-0.1, -0.05) is 0 Å². The Kier molecular flexibility index (Phi) is 3.00. The molecule has 1 N–H and O–H groups in total. The lowest BCUT2D eigenvalue weighted by Gasteiger charge is -2.14. The summed E-state index contributed by atoms with van der Waals surface area (Å²) in [5.41, 5.74) is 2.30. The first-order valence-electron chi connectivity index (χ1n) is 6.81. The van der Waals surface area contributed by atoms with E-state index in [2.05, 4.69) is 53.4 Å². The predicted molar refractivity (Wildman–Crippen MR) is 83.3 cm³/mol. The molecule has 0 spiro atoms. The monoisotopic (exact) mass is 347 g/mol. The molecule has 108 valence electrons. The van der Waals surface area contributed by atoms with Crippen LogP contribution >= 0.6 is 15.9 Å². The van der Waals surface area contributed by atoms with Crippen LogP contribution < -0.4 is 5.32 Å². The second kappa shape index (κ2) is 4.88. The van der Waals surface area contributed by atoms with Crippen LogP contribution in [0.4, 0.5) is 5.82 Å². The summed E-state index contributed by atoms with van der Waals surface area (Å²) in [7, 11) is 2.13. The van der Waals surface area contributed by atoms with E-state index in [-0.39, 0.29) is 0 Å². The maximum atomic E-state index is 4.62. The Labute approximate surface area is 129 Å². The maximum absolute atomic E-state index is 4.62. The van der Waals surface area contributed by atoms with Crippen LogP contribution in [0.15, 0.2) is 23.1 Å². The molecule has 3 aromatic heterocycles. The summed E-state index contributed by atoms with van der Waals surface area (Å²) in [6.07, 6.45) is 4.54. The van der Waals surface area contributed by atoms with Gasteiger partial charge in [-0.2, -0.15) is 0 Å². The van der Waals surface area contributed by atoms with Gasteiger partial charge >= 0.3 is 0 Å². The van der Waals surface area contributed by atoms with Crippen molar-refractivity contribution in [3.05, 3.63) is 23.1 Å². The van der Waals surface area contributed by atoms with Gasteiger partial charge in [-0.3, -0.25) is 4.40 Å². The molecule has 1 unspecified atom stereocenters. The Bertz CT molecular complexity index is 815. The lowest BCUT2D eigenvalue weighted by molar-refractivity contribution is 0.414. The number of rotatable bonds is 2. The van der Waals surface area contributed by atoms with Gasteiger partial charge < -0.3 is 10.2 Å². The summed E-state index contributed by atoms with van der Waals surface area (Å²) in [6.45, 7) is 2.10. The first-order chi connectivity index (χ1) is 10.2. The van der Waals surface area contributed by atoms with E-state index in [4.69, 9.17) is 0 Å². The molecule has 0 bridgehead atoms. The van der Waals surface area contributed by atoms with Crippen molar-refractivity contribution in [1.82, 2.24) is 29.5 Å². The third-order valence-corrected chi connectivity index (χ3v) is 4.22. The quantitative estimate of drug-likeness (QED) is 0.758. The summed E-state index contributed by atoms with van der Waals surface area (Å²) in [4.78, 5) is 11.3. The summed E-state index contributed by atoms with van der Waals surface area (Å²) in [6, 6.07) is 2.36. The van der Waals surface area contributed by atoms with Gasteiger partial charge in [-0.15, -0.1) is 10.2 Å². The molecule has 4 rings (SSSR count). The van der Waals surface area contributed by atoms with Crippen LogP contribution in [0.3, 0.4) is 0 Å². The summed E-state index contributed by atoms with van der Waals surface area (Å²) >= 11 is 3.44. The highest BCUT2D eigenvalue weighted by atomic mass is 79.9. The standard InChI is InChI=1S/C13H14BrN7/c1-20-3-2-9(6-20)17-12-13-19-16-7-21(13)10-4-8(14)5-15-11(10)18-12/h4-5,7,9H,2-3,6H2,1H3,(H,15,17,18). The first kappa shape index (κ1) is 12.9. The van der Waals surface area contributed by atoms with E-state index < -0.39 is 0 Å². The van der Waals surface area contributed by atoms with Crippen molar-refractivity contribution < 1.29 is 0 Å². The van der Waals surface area contributed by atoms with Crippen LogP contribution in [-0.4, -0.2) is 55.6 Å². The topological polar surface area (TPSA) is 71.2 Å². The highest BCUT2D eigenvalue weighted by Crippen LogP contribution is 2.23. The zero-order valence-corrected chi connectivity index (χ0v) is 13.1. The number of pyridine rings is 1. The molecule has 8 heteroatoms.